The van der Waals surface area contributed by atoms with Crippen LogP contribution < -0.4 is 0 Å². The third-order valence-corrected chi connectivity index (χ3v) is 17.5. The lowest BCUT2D eigenvalue weighted by Gasteiger charge is -2.40. The van der Waals surface area contributed by atoms with E-state index in [4.69, 9.17) is 55.0 Å². The molecule has 0 fully saturated rings. The Kier molecular flexibility index (Phi) is 33.8. The molecule has 0 N–H and O–H groups in total. The van der Waals surface area contributed by atoms with Gasteiger partial charge >= 0.3 is 8.80 Å². The summed E-state index contributed by atoms with van der Waals surface area (Å²) in [6, 6.07) is 0.899. The molecule has 12 nitrogen and oxygen atoms in total. The highest BCUT2D eigenvalue weighted by Crippen LogP contribution is 2.28. The van der Waals surface area contributed by atoms with Gasteiger partial charge in [0.05, 0.1) is 106 Å². The summed E-state index contributed by atoms with van der Waals surface area (Å²) >= 11 is 1.97. The molecule has 0 amide bonds. The molecule has 0 spiro atoms. The summed E-state index contributed by atoms with van der Waals surface area (Å²) in [5.74, 6) is 2.16. The Bertz CT molecular complexity index is 690. The molecule has 0 heterocycles. The minimum Gasteiger partial charge on any atom is -0.417 e. The van der Waals surface area contributed by atoms with Crippen LogP contribution in [-0.2, 0) is 55.0 Å². The van der Waals surface area contributed by atoms with Crippen LogP contribution in [0.1, 0.15) is 26.7 Å². The predicted molar refractivity (Wildman–Crippen MR) is 206 cm³/mol. The van der Waals surface area contributed by atoms with Crippen LogP contribution >= 0.6 is 11.8 Å². The average Bonchev–Trinajstić information content (AvgIpc) is 3.01. The highest BCUT2D eigenvalue weighted by Gasteiger charge is 2.47. The van der Waals surface area contributed by atoms with Crippen molar-refractivity contribution in [3.63, 3.8) is 0 Å². The van der Waals surface area contributed by atoms with Crippen LogP contribution in [0.15, 0.2) is 0 Å². The van der Waals surface area contributed by atoms with Gasteiger partial charge in [0.1, 0.15) is 0 Å². The summed E-state index contributed by atoms with van der Waals surface area (Å²) in [6.45, 7) is 27.4. The minimum absolute atomic E-state index is 0.419. The molecule has 0 aromatic rings. The maximum absolute atomic E-state index is 6.73. The van der Waals surface area contributed by atoms with Crippen LogP contribution in [0.3, 0.4) is 0 Å². The smallest absolute Gasteiger partial charge is 0.417 e. The Balaban J connectivity index is 3.57. The molecule has 0 aliphatic carbocycles. The van der Waals surface area contributed by atoms with E-state index >= 15 is 0 Å². The highest BCUT2D eigenvalue weighted by molar-refractivity contribution is 7.99. The van der Waals surface area contributed by atoms with Gasteiger partial charge in [0, 0.05) is 19.8 Å². The van der Waals surface area contributed by atoms with Crippen molar-refractivity contribution in [3.8, 4) is 0 Å². The van der Waals surface area contributed by atoms with Gasteiger partial charge in [-0.05, 0) is 69.2 Å². The first-order valence-electron chi connectivity index (χ1n) is 17.9. The number of hydrogen-bond acceptors (Lipinski definition) is 13. The molecule has 17 heteroatoms. The molecular weight excluding hydrogens is 721 g/mol. The second-order valence-electron chi connectivity index (χ2n) is 13.4. The fourth-order valence-electron chi connectivity index (χ4n) is 3.90. The largest absolute Gasteiger partial charge is 0.469 e. The zero-order valence-electron chi connectivity index (χ0n) is 32.4. The van der Waals surface area contributed by atoms with Crippen LogP contribution in [0.2, 0.25) is 50.9 Å². The van der Waals surface area contributed by atoms with Crippen molar-refractivity contribution in [2.75, 3.05) is 131 Å². The quantitative estimate of drug-likeness (QED) is 0.0587. The Labute approximate surface area is 309 Å². The van der Waals surface area contributed by atoms with E-state index in [1.54, 1.807) is 7.11 Å². The normalized spacial score (nSPS) is 12.9. The summed E-state index contributed by atoms with van der Waals surface area (Å²) in [5.41, 5.74) is 0.483. The molecular formula is C32H72O12SSi4. The first-order chi connectivity index (χ1) is 23.4. The average molecular weight is 793 g/mol. The Hall–Kier alpha value is 0.738. The molecule has 0 aliphatic heterocycles. The minimum atomic E-state index is -2.70. The maximum Gasteiger partial charge on any atom is 0.469 e. The molecule has 0 bridgehead atoms. The van der Waals surface area contributed by atoms with E-state index in [2.05, 4.69) is 53.1 Å². The fourth-order valence-corrected chi connectivity index (χ4v) is 17.6. The van der Waals surface area contributed by atoms with Crippen LogP contribution in [-0.4, -0.2) is 166 Å². The van der Waals surface area contributed by atoms with Crippen molar-refractivity contribution in [1.82, 2.24) is 0 Å². The van der Waals surface area contributed by atoms with Gasteiger partial charge in [0.25, 0.3) is 0 Å². The molecule has 0 aliphatic rings. The van der Waals surface area contributed by atoms with Crippen molar-refractivity contribution in [1.29, 1.82) is 0 Å². The summed E-state index contributed by atoms with van der Waals surface area (Å²) in [6.07, 6.45) is 2.08. The van der Waals surface area contributed by atoms with Gasteiger partial charge < -0.3 is 55.0 Å². The van der Waals surface area contributed by atoms with Crippen molar-refractivity contribution < 1.29 is 55.0 Å². The second-order valence-corrected chi connectivity index (χ2v) is 28.8. The first kappa shape index (κ1) is 49.7. The monoisotopic (exact) mass is 792 g/mol. The SMILES string of the molecule is COCCOCCOCCOCCOCCOCCOCCOCCOCCCSCCC[Si](O[Si]C(C)C)(O[Si](C)(C)C)O[Si](C)(C)C. The van der Waals surface area contributed by atoms with Gasteiger partial charge in [0.15, 0.2) is 16.6 Å². The molecule has 294 valence electrons. The summed E-state index contributed by atoms with van der Waals surface area (Å²) in [5, 5.41) is 0. The molecule has 0 atom stereocenters. The lowest BCUT2D eigenvalue weighted by Crippen LogP contribution is -2.57. The second kappa shape index (κ2) is 33.3. The molecule has 49 heavy (non-hydrogen) atoms. The summed E-state index contributed by atoms with van der Waals surface area (Å²) in [7, 11) is -4.25. The van der Waals surface area contributed by atoms with Gasteiger partial charge in [-0.25, -0.2) is 0 Å². The Morgan fingerprint density at radius 1 is 0.469 bits per heavy atom. The van der Waals surface area contributed by atoms with E-state index < -0.39 is 25.4 Å². The van der Waals surface area contributed by atoms with E-state index in [1.807, 2.05) is 11.8 Å². The van der Waals surface area contributed by atoms with E-state index in [0.29, 0.717) is 121 Å². The molecule has 0 unspecified atom stereocenters. The molecule has 0 saturated carbocycles. The van der Waals surface area contributed by atoms with Crippen molar-refractivity contribution in [3.05, 3.63) is 0 Å². The Morgan fingerprint density at radius 3 is 1.12 bits per heavy atom. The van der Waals surface area contributed by atoms with Crippen LogP contribution in [0.25, 0.3) is 0 Å². The van der Waals surface area contributed by atoms with Crippen molar-refractivity contribution in [2.45, 2.75) is 77.6 Å². The third kappa shape index (κ3) is 38.3. The molecule has 0 aromatic heterocycles. The van der Waals surface area contributed by atoms with Gasteiger partial charge in [-0.15, -0.1) is 0 Å². The molecule has 2 radical (unpaired) electrons. The van der Waals surface area contributed by atoms with E-state index in [-0.39, 0.29) is 0 Å². The fraction of sp³-hybridized carbons (Fsp3) is 1.00. The lowest BCUT2D eigenvalue weighted by molar-refractivity contribution is -0.0242. The van der Waals surface area contributed by atoms with Crippen molar-refractivity contribution >= 4 is 47.0 Å². The van der Waals surface area contributed by atoms with E-state index in [1.165, 1.54) is 0 Å². The van der Waals surface area contributed by atoms with Crippen LogP contribution in [0.5, 0.6) is 0 Å². The van der Waals surface area contributed by atoms with Crippen LogP contribution in [0, 0.1) is 0 Å². The predicted octanol–water partition coefficient (Wildman–Crippen LogP) is 5.39. The van der Waals surface area contributed by atoms with Crippen LogP contribution in [0.4, 0.5) is 0 Å². The molecule has 0 rings (SSSR count). The first-order valence-corrected chi connectivity index (χ1v) is 28.8. The lowest BCUT2D eigenvalue weighted by atomic mass is 10.5. The highest BCUT2D eigenvalue weighted by atomic mass is 32.2. The van der Waals surface area contributed by atoms with E-state index in [0.717, 1.165) is 37.0 Å². The maximum atomic E-state index is 6.73. The standard InChI is InChI=1S/C32H72O12SSi4/c1-32(2)46-42-49(43-47(4,5)6,44-48(7,8)9)31-11-30-45-29-10-12-34-15-16-36-19-20-38-23-24-40-27-28-41-26-25-39-22-21-37-18-17-35-14-13-33-3/h32H,10-31H2,1-9H3. The summed E-state index contributed by atoms with van der Waals surface area (Å²) < 4.78 is 68.9. The van der Waals surface area contributed by atoms with Gasteiger partial charge in [0.2, 0.25) is 9.76 Å². The van der Waals surface area contributed by atoms with E-state index in [9.17, 15) is 0 Å². The number of ether oxygens (including phenoxy) is 9. The number of rotatable bonds is 39. The topological polar surface area (TPSA) is 111 Å². The summed E-state index contributed by atoms with van der Waals surface area (Å²) in [4.78, 5) is 0. The number of thioether (sulfide) groups is 1. The zero-order chi connectivity index (χ0) is 36.5. The molecule has 0 saturated heterocycles. The Morgan fingerprint density at radius 2 is 0.796 bits per heavy atom. The van der Waals surface area contributed by atoms with Gasteiger partial charge in [-0.3, -0.25) is 0 Å². The van der Waals surface area contributed by atoms with Gasteiger partial charge in [-0.2, -0.15) is 11.8 Å². The number of hydrogen-bond donors (Lipinski definition) is 0. The van der Waals surface area contributed by atoms with Crippen molar-refractivity contribution in [2.24, 2.45) is 0 Å². The number of methoxy groups -OCH3 is 1. The molecule has 0 aromatic carbocycles. The zero-order valence-corrected chi connectivity index (χ0v) is 37.3. The third-order valence-electron chi connectivity index (χ3n) is 5.76. The van der Waals surface area contributed by atoms with Gasteiger partial charge in [-0.1, -0.05) is 13.8 Å².